The molecule has 0 aliphatic carbocycles. The van der Waals surface area contributed by atoms with Crippen LogP contribution in [0.2, 0.25) is 10.0 Å². The molecule has 126 valence electrons. The van der Waals surface area contributed by atoms with Crippen LogP contribution >= 0.6 is 23.2 Å². The van der Waals surface area contributed by atoms with Crippen LogP contribution in [0.15, 0.2) is 30.5 Å². The van der Waals surface area contributed by atoms with Gasteiger partial charge in [-0.05, 0) is 45.0 Å². The van der Waals surface area contributed by atoms with E-state index in [1.807, 2.05) is 13.8 Å². The van der Waals surface area contributed by atoms with E-state index in [9.17, 15) is 4.79 Å². The highest BCUT2D eigenvalue weighted by atomic mass is 35.5. The molecule has 0 saturated carbocycles. The summed E-state index contributed by atoms with van der Waals surface area (Å²) in [5.74, 6) is 0.0963. The molecular formula is C17H18Cl2N4O. The maximum Gasteiger partial charge on any atom is 0.258 e. The van der Waals surface area contributed by atoms with E-state index in [0.29, 0.717) is 22.1 Å². The fourth-order valence-electron chi connectivity index (χ4n) is 2.10. The Morgan fingerprint density at radius 2 is 1.83 bits per heavy atom. The number of nitrogens with zero attached hydrogens (tertiary/aromatic N) is 1. The van der Waals surface area contributed by atoms with Gasteiger partial charge in [-0.3, -0.25) is 4.79 Å². The molecule has 3 N–H and O–H groups in total. The van der Waals surface area contributed by atoms with Crippen molar-refractivity contribution in [2.45, 2.75) is 26.8 Å². The second-order valence-electron chi connectivity index (χ2n) is 5.59. The van der Waals surface area contributed by atoms with Gasteiger partial charge in [0.05, 0.1) is 16.1 Å². The summed E-state index contributed by atoms with van der Waals surface area (Å²) in [5.41, 5.74) is 1.46. The summed E-state index contributed by atoms with van der Waals surface area (Å²) in [5, 5.41) is 14.6. The molecule has 7 heteroatoms. The van der Waals surface area contributed by atoms with E-state index in [1.54, 1.807) is 31.2 Å². The minimum atomic E-state index is -0.395. The molecule has 0 atom stereocenters. The van der Waals surface area contributed by atoms with E-state index in [0.717, 1.165) is 0 Å². The summed E-state index contributed by atoms with van der Waals surface area (Å²) >= 11 is 12.2. The molecule has 0 radical (unpaired) electrons. The molecule has 0 saturated heterocycles. The van der Waals surface area contributed by atoms with E-state index in [-0.39, 0.29) is 22.3 Å². The summed E-state index contributed by atoms with van der Waals surface area (Å²) in [7, 11) is 0. The van der Waals surface area contributed by atoms with Crippen LogP contribution in [0.1, 0.15) is 36.7 Å². The van der Waals surface area contributed by atoms with Crippen molar-refractivity contribution < 1.29 is 4.79 Å². The lowest BCUT2D eigenvalue weighted by Crippen LogP contribution is -2.18. The van der Waals surface area contributed by atoms with E-state index in [2.05, 4.69) is 15.6 Å². The monoisotopic (exact) mass is 364 g/mol. The molecule has 2 aromatic rings. The molecule has 5 nitrogen and oxygen atoms in total. The van der Waals surface area contributed by atoms with Crippen LogP contribution in [-0.4, -0.2) is 22.6 Å². The van der Waals surface area contributed by atoms with Gasteiger partial charge < -0.3 is 16.0 Å². The van der Waals surface area contributed by atoms with Crippen molar-refractivity contribution in [3.8, 4) is 0 Å². The molecule has 0 unspecified atom stereocenters. The molecule has 24 heavy (non-hydrogen) atoms. The Bertz CT molecular complexity index is 773. The number of carbonyl (C=O) groups excluding carboxylic acids is 1. The first kappa shape index (κ1) is 18.2. The van der Waals surface area contributed by atoms with Crippen molar-refractivity contribution in [1.82, 2.24) is 4.98 Å². The van der Waals surface area contributed by atoms with E-state index >= 15 is 0 Å². The van der Waals surface area contributed by atoms with Crippen molar-refractivity contribution in [2.24, 2.45) is 0 Å². The lowest BCUT2D eigenvalue weighted by molar-refractivity contribution is 0.102. The Morgan fingerprint density at radius 3 is 2.38 bits per heavy atom. The Kier molecular flexibility index (Phi) is 5.80. The summed E-state index contributed by atoms with van der Waals surface area (Å²) in [4.78, 5) is 16.7. The predicted molar refractivity (Wildman–Crippen MR) is 99.9 cm³/mol. The number of hydrogen-bond donors (Lipinski definition) is 3. The van der Waals surface area contributed by atoms with Gasteiger partial charge in [0.1, 0.15) is 5.82 Å². The van der Waals surface area contributed by atoms with Crippen LogP contribution in [0.3, 0.4) is 0 Å². The summed E-state index contributed by atoms with van der Waals surface area (Å²) in [6.07, 6.45) is 1.41. The first-order valence-corrected chi connectivity index (χ1v) is 8.12. The number of hydrogen-bond acceptors (Lipinski definition) is 4. The van der Waals surface area contributed by atoms with Crippen LogP contribution in [0.5, 0.6) is 0 Å². The zero-order valence-electron chi connectivity index (χ0n) is 13.6. The maximum atomic E-state index is 12.5. The quantitative estimate of drug-likeness (QED) is 0.663. The number of pyridine rings is 1. The van der Waals surface area contributed by atoms with Crippen LogP contribution in [0.25, 0.3) is 0 Å². The van der Waals surface area contributed by atoms with E-state index in [1.165, 1.54) is 6.20 Å². The highest BCUT2D eigenvalue weighted by Crippen LogP contribution is 2.28. The molecule has 1 aromatic carbocycles. The third kappa shape index (κ3) is 4.24. The highest BCUT2D eigenvalue weighted by molar-refractivity contribution is 6.38. The molecule has 0 bridgehead atoms. The Balaban J connectivity index is 2.36. The van der Waals surface area contributed by atoms with Gasteiger partial charge in [-0.2, -0.15) is 0 Å². The maximum absolute atomic E-state index is 12.5. The topological polar surface area (TPSA) is 77.9 Å². The molecule has 0 fully saturated rings. The fourth-order valence-corrected chi connectivity index (χ4v) is 2.60. The largest absolute Gasteiger partial charge is 0.367 e. The Hall–Kier alpha value is -2.11. The SMILES string of the molecule is CC(=N)c1c(NC(C)C)ncc(C(=O)Nc2ccc(Cl)cc2)c1Cl. The zero-order chi connectivity index (χ0) is 17.9. The number of rotatable bonds is 5. The average molecular weight is 365 g/mol. The van der Waals surface area contributed by atoms with Gasteiger partial charge in [0, 0.05) is 28.7 Å². The van der Waals surface area contributed by atoms with Crippen molar-refractivity contribution in [2.75, 3.05) is 10.6 Å². The minimum absolute atomic E-state index is 0.125. The van der Waals surface area contributed by atoms with E-state index in [4.69, 9.17) is 28.6 Å². The first-order valence-electron chi connectivity index (χ1n) is 7.37. The van der Waals surface area contributed by atoms with E-state index < -0.39 is 5.91 Å². The van der Waals surface area contributed by atoms with Crippen molar-refractivity contribution >= 4 is 46.3 Å². The van der Waals surface area contributed by atoms with Crippen LogP contribution in [-0.2, 0) is 0 Å². The van der Waals surface area contributed by atoms with Gasteiger partial charge in [-0.25, -0.2) is 4.98 Å². The third-order valence-corrected chi connectivity index (χ3v) is 3.81. The number of aromatic nitrogens is 1. The van der Waals surface area contributed by atoms with Gasteiger partial charge in [-0.15, -0.1) is 0 Å². The third-order valence-electron chi connectivity index (χ3n) is 3.16. The first-order chi connectivity index (χ1) is 11.3. The van der Waals surface area contributed by atoms with Gasteiger partial charge in [-0.1, -0.05) is 23.2 Å². The Labute approximate surface area is 150 Å². The standard InChI is InChI=1S/C17H18Cl2N4O/c1-9(2)22-16-14(10(3)20)15(19)13(8-21-16)17(24)23-12-6-4-11(18)5-7-12/h4-9,20H,1-3H3,(H,21,22)(H,23,24). The molecular weight excluding hydrogens is 347 g/mol. The number of amides is 1. The molecule has 1 heterocycles. The zero-order valence-corrected chi connectivity index (χ0v) is 15.1. The van der Waals surface area contributed by atoms with Gasteiger partial charge >= 0.3 is 0 Å². The number of nitrogens with one attached hydrogen (secondary N) is 3. The van der Waals surface area contributed by atoms with Gasteiger partial charge in [0.15, 0.2) is 0 Å². The van der Waals surface area contributed by atoms with Crippen molar-refractivity contribution in [1.29, 1.82) is 5.41 Å². The molecule has 1 aromatic heterocycles. The van der Waals surface area contributed by atoms with Gasteiger partial charge in [0.2, 0.25) is 0 Å². The average Bonchev–Trinajstić information content (AvgIpc) is 2.48. The van der Waals surface area contributed by atoms with Crippen molar-refractivity contribution in [3.05, 3.63) is 51.6 Å². The summed E-state index contributed by atoms with van der Waals surface area (Å²) < 4.78 is 0. The molecule has 0 aliphatic rings. The lowest BCUT2D eigenvalue weighted by Gasteiger charge is -2.16. The minimum Gasteiger partial charge on any atom is -0.367 e. The smallest absolute Gasteiger partial charge is 0.258 e. The fraction of sp³-hybridized carbons (Fsp3) is 0.235. The summed E-state index contributed by atoms with van der Waals surface area (Å²) in [6.45, 7) is 5.52. The van der Waals surface area contributed by atoms with Crippen LogP contribution < -0.4 is 10.6 Å². The van der Waals surface area contributed by atoms with Gasteiger partial charge in [0.25, 0.3) is 5.91 Å². The molecule has 0 aliphatic heterocycles. The number of halogens is 2. The second kappa shape index (κ2) is 7.64. The molecule has 1 amide bonds. The second-order valence-corrected chi connectivity index (χ2v) is 6.41. The number of carbonyl (C=O) groups is 1. The lowest BCUT2D eigenvalue weighted by atomic mass is 10.1. The number of anilines is 2. The molecule has 2 rings (SSSR count). The van der Waals surface area contributed by atoms with Crippen molar-refractivity contribution in [3.63, 3.8) is 0 Å². The highest BCUT2D eigenvalue weighted by Gasteiger charge is 2.20. The molecule has 0 spiro atoms. The predicted octanol–water partition coefficient (Wildman–Crippen LogP) is 4.85. The van der Waals surface area contributed by atoms with Crippen LogP contribution in [0.4, 0.5) is 11.5 Å². The van der Waals surface area contributed by atoms with Crippen LogP contribution in [0, 0.1) is 5.41 Å². The normalized spacial score (nSPS) is 10.6. The Morgan fingerprint density at radius 1 is 1.21 bits per heavy atom. The number of benzene rings is 1. The summed E-state index contributed by atoms with van der Waals surface area (Å²) in [6, 6.07) is 6.87.